The highest BCUT2D eigenvalue weighted by Crippen LogP contribution is 2.25. The van der Waals surface area contributed by atoms with E-state index >= 15 is 0 Å². The lowest BCUT2D eigenvalue weighted by Crippen LogP contribution is -2.33. The molecule has 0 atom stereocenters. The van der Waals surface area contributed by atoms with Crippen LogP contribution in [0.4, 0.5) is 5.69 Å². The van der Waals surface area contributed by atoms with E-state index in [1.165, 1.54) is 11.8 Å². The fraction of sp³-hybridized carbons (Fsp3) is 0.190. The second-order valence-electron chi connectivity index (χ2n) is 6.38. The minimum atomic E-state index is -0.0867. The standard InChI is InChI=1S/C21H18N6OS/c1-15-23-20-17-10-5-6-11-18(17)24-21(27(20)25-15)29-14-19(28)26(13-7-12-22)16-8-3-2-4-9-16/h2-6,8-11H,7,13-14H2,1H3. The highest BCUT2D eigenvalue weighted by Gasteiger charge is 2.18. The third kappa shape index (κ3) is 3.91. The molecule has 0 N–H and O–H groups in total. The summed E-state index contributed by atoms with van der Waals surface area (Å²) < 4.78 is 1.69. The van der Waals surface area contributed by atoms with E-state index in [0.29, 0.717) is 17.5 Å². The molecule has 0 spiro atoms. The third-order valence-corrected chi connectivity index (χ3v) is 5.31. The number of aromatic nitrogens is 4. The van der Waals surface area contributed by atoms with Crippen LogP contribution in [0.25, 0.3) is 16.6 Å². The topological polar surface area (TPSA) is 87.2 Å². The molecule has 2 aromatic carbocycles. The number of carbonyl (C=O) groups is 1. The molecule has 0 radical (unpaired) electrons. The van der Waals surface area contributed by atoms with Crippen molar-refractivity contribution >= 4 is 39.9 Å². The molecule has 2 aromatic heterocycles. The summed E-state index contributed by atoms with van der Waals surface area (Å²) in [5.41, 5.74) is 2.32. The average molecular weight is 402 g/mol. The van der Waals surface area contributed by atoms with Crippen molar-refractivity contribution in [1.82, 2.24) is 19.6 Å². The number of amides is 1. The molecule has 0 unspecified atom stereocenters. The predicted molar refractivity (Wildman–Crippen MR) is 113 cm³/mol. The molecule has 4 aromatic rings. The van der Waals surface area contributed by atoms with Crippen LogP contribution in [0.1, 0.15) is 12.2 Å². The zero-order chi connectivity index (χ0) is 20.2. The van der Waals surface area contributed by atoms with Gasteiger partial charge in [-0.15, -0.1) is 5.10 Å². The number of hydrogen-bond acceptors (Lipinski definition) is 6. The second-order valence-corrected chi connectivity index (χ2v) is 7.33. The number of nitrogens with zero attached hydrogens (tertiary/aromatic N) is 6. The van der Waals surface area contributed by atoms with E-state index in [1.54, 1.807) is 9.42 Å². The number of carbonyl (C=O) groups excluding carboxylic acids is 1. The lowest BCUT2D eigenvalue weighted by molar-refractivity contribution is -0.116. The van der Waals surface area contributed by atoms with Gasteiger partial charge in [0.1, 0.15) is 5.82 Å². The molecule has 7 nitrogen and oxygen atoms in total. The fourth-order valence-electron chi connectivity index (χ4n) is 3.10. The zero-order valence-electron chi connectivity index (χ0n) is 15.8. The van der Waals surface area contributed by atoms with Gasteiger partial charge in [-0.3, -0.25) is 4.79 Å². The monoisotopic (exact) mass is 402 g/mol. The van der Waals surface area contributed by atoms with E-state index in [0.717, 1.165) is 22.2 Å². The van der Waals surface area contributed by atoms with Crippen LogP contribution in [-0.2, 0) is 4.79 Å². The van der Waals surface area contributed by atoms with Gasteiger partial charge in [0.25, 0.3) is 0 Å². The largest absolute Gasteiger partial charge is 0.311 e. The highest BCUT2D eigenvalue weighted by atomic mass is 32.2. The van der Waals surface area contributed by atoms with E-state index in [1.807, 2.05) is 61.5 Å². The highest BCUT2D eigenvalue weighted by molar-refractivity contribution is 7.99. The van der Waals surface area contributed by atoms with Crippen molar-refractivity contribution in [2.75, 3.05) is 17.2 Å². The van der Waals surface area contributed by atoms with Gasteiger partial charge in [0.2, 0.25) is 5.91 Å². The lowest BCUT2D eigenvalue weighted by atomic mass is 10.2. The van der Waals surface area contributed by atoms with Crippen LogP contribution < -0.4 is 4.90 Å². The molecule has 4 rings (SSSR count). The van der Waals surface area contributed by atoms with Crippen molar-refractivity contribution in [3.8, 4) is 6.07 Å². The van der Waals surface area contributed by atoms with Crippen molar-refractivity contribution in [1.29, 1.82) is 5.26 Å². The first kappa shape index (κ1) is 18.9. The number of hydrogen-bond donors (Lipinski definition) is 0. The van der Waals surface area contributed by atoms with E-state index in [9.17, 15) is 4.79 Å². The van der Waals surface area contributed by atoms with Gasteiger partial charge in [-0.05, 0) is 31.2 Å². The predicted octanol–water partition coefficient (Wildman–Crippen LogP) is 3.62. The Labute approximate surface area is 172 Å². The van der Waals surface area contributed by atoms with Crippen LogP contribution in [0.3, 0.4) is 0 Å². The molecule has 29 heavy (non-hydrogen) atoms. The van der Waals surface area contributed by atoms with Crippen LogP contribution in [-0.4, -0.2) is 37.8 Å². The Bertz CT molecular complexity index is 1210. The van der Waals surface area contributed by atoms with Crippen LogP contribution in [0, 0.1) is 18.3 Å². The summed E-state index contributed by atoms with van der Waals surface area (Å²) in [4.78, 5) is 23.8. The molecule has 0 bridgehead atoms. The van der Waals surface area contributed by atoms with Gasteiger partial charge in [-0.1, -0.05) is 42.1 Å². The van der Waals surface area contributed by atoms with Gasteiger partial charge >= 0.3 is 0 Å². The number of anilines is 1. The summed E-state index contributed by atoms with van der Waals surface area (Å²) in [6.07, 6.45) is 0.270. The Balaban J connectivity index is 1.62. The van der Waals surface area contributed by atoms with Crippen molar-refractivity contribution in [3.05, 3.63) is 60.4 Å². The lowest BCUT2D eigenvalue weighted by Gasteiger charge is -2.21. The molecule has 144 valence electrons. The molecule has 2 heterocycles. The summed E-state index contributed by atoms with van der Waals surface area (Å²) in [6.45, 7) is 2.18. The fourth-order valence-corrected chi connectivity index (χ4v) is 3.92. The first-order valence-electron chi connectivity index (χ1n) is 9.14. The first-order chi connectivity index (χ1) is 14.2. The summed E-state index contributed by atoms with van der Waals surface area (Å²) in [5, 5.41) is 14.9. The van der Waals surface area contributed by atoms with Crippen LogP contribution in [0.15, 0.2) is 59.8 Å². The Morgan fingerprint density at radius 1 is 1.14 bits per heavy atom. The van der Waals surface area contributed by atoms with E-state index in [2.05, 4.69) is 21.1 Å². The van der Waals surface area contributed by atoms with Crippen molar-refractivity contribution in [3.63, 3.8) is 0 Å². The number of fused-ring (bicyclic) bond motifs is 3. The van der Waals surface area contributed by atoms with Gasteiger partial charge in [0, 0.05) is 17.6 Å². The Kier molecular flexibility index (Phi) is 5.40. The summed E-state index contributed by atoms with van der Waals surface area (Å²) >= 11 is 1.32. The third-order valence-electron chi connectivity index (χ3n) is 4.40. The Hall–Kier alpha value is -3.44. The van der Waals surface area contributed by atoms with Gasteiger partial charge in [0.15, 0.2) is 10.8 Å². The molecule has 0 fully saturated rings. The Morgan fingerprint density at radius 3 is 2.69 bits per heavy atom. The van der Waals surface area contributed by atoms with Crippen molar-refractivity contribution in [2.24, 2.45) is 0 Å². The minimum Gasteiger partial charge on any atom is -0.311 e. The average Bonchev–Trinajstić information content (AvgIpc) is 3.15. The molecule has 0 aliphatic heterocycles. The Morgan fingerprint density at radius 2 is 1.90 bits per heavy atom. The van der Waals surface area contributed by atoms with Crippen LogP contribution in [0.2, 0.25) is 0 Å². The molecule has 8 heteroatoms. The number of nitriles is 1. The number of benzene rings is 2. The quantitative estimate of drug-likeness (QED) is 0.362. The molecule has 0 aliphatic carbocycles. The minimum absolute atomic E-state index is 0.0867. The van der Waals surface area contributed by atoms with Gasteiger partial charge in [-0.25, -0.2) is 9.97 Å². The molecular formula is C21H18N6OS. The van der Waals surface area contributed by atoms with Crippen LogP contribution >= 0.6 is 11.8 Å². The molecule has 1 amide bonds. The van der Waals surface area contributed by atoms with Crippen molar-refractivity contribution in [2.45, 2.75) is 18.5 Å². The van der Waals surface area contributed by atoms with Gasteiger partial charge in [-0.2, -0.15) is 9.78 Å². The van der Waals surface area contributed by atoms with Crippen LogP contribution in [0.5, 0.6) is 0 Å². The van der Waals surface area contributed by atoms with E-state index in [4.69, 9.17) is 5.26 Å². The second kappa shape index (κ2) is 8.29. The smallest absolute Gasteiger partial charge is 0.237 e. The van der Waals surface area contributed by atoms with Gasteiger partial charge in [0.05, 0.1) is 23.8 Å². The normalized spacial score (nSPS) is 10.9. The summed E-state index contributed by atoms with van der Waals surface area (Å²) in [5.74, 6) is 0.743. The molecule has 0 saturated carbocycles. The number of para-hydroxylation sites is 2. The van der Waals surface area contributed by atoms with Gasteiger partial charge < -0.3 is 4.90 Å². The first-order valence-corrected chi connectivity index (χ1v) is 10.1. The zero-order valence-corrected chi connectivity index (χ0v) is 16.6. The van der Waals surface area contributed by atoms with Crippen molar-refractivity contribution < 1.29 is 4.79 Å². The SMILES string of the molecule is Cc1nc2c3ccccc3nc(SCC(=O)N(CCC#N)c3ccccc3)n2n1. The maximum Gasteiger partial charge on any atom is 0.237 e. The van der Waals surface area contributed by atoms with E-state index < -0.39 is 0 Å². The molecule has 0 aliphatic rings. The summed E-state index contributed by atoms with van der Waals surface area (Å²) in [7, 11) is 0. The number of rotatable bonds is 6. The number of aryl methyl sites for hydroxylation is 1. The summed E-state index contributed by atoms with van der Waals surface area (Å²) in [6, 6.07) is 19.2. The molecule has 0 saturated heterocycles. The maximum atomic E-state index is 13.0. The maximum absolute atomic E-state index is 13.0. The van der Waals surface area contributed by atoms with E-state index in [-0.39, 0.29) is 18.1 Å². The molecular weight excluding hydrogens is 384 g/mol. The number of thioether (sulfide) groups is 1.